The quantitative estimate of drug-likeness (QED) is 0.769. The van der Waals surface area contributed by atoms with Crippen LogP contribution in [0.25, 0.3) is 0 Å². The van der Waals surface area contributed by atoms with E-state index in [9.17, 15) is 4.79 Å². The van der Waals surface area contributed by atoms with Gasteiger partial charge in [-0.15, -0.1) is 11.3 Å². The van der Waals surface area contributed by atoms with E-state index in [1.165, 1.54) is 4.88 Å². The first-order valence-corrected chi connectivity index (χ1v) is 7.21. The van der Waals surface area contributed by atoms with Gasteiger partial charge in [0.25, 0.3) is 0 Å². The van der Waals surface area contributed by atoms with Gasteiger partial charge in [0.15, 0.2) is 5.78 Å². The van der Waals surface area contributed by atoms with Crippen molar-refractivity contribution in [3.63, 3.8) is 0 Å². The number of ketones is 1. The Labute approximate surface area is 118 Å². The van der Waals surface area contributed by atoms with Gasteiger partial charge in [-0.05, 0) is 49.2 Å². The Balaban J connectivity index is 2.13. The summed E-state index contributed by atoms with van der Waals surface area (Å²) in [5.41, 5.74) is 1.75. The Morgan fingerprint density at radius 3 is 2.53 bits per heavy atom. The van der Waals surface area contributed by atoms with Crippen LogP contribution in [0.2, 0.25) is 0 Å². The molecule has 0 aliphatic rings. The Morgan fingerprint density at radius 1 is 1.21 bits per heavy atom. The number of hydrogen-bond donors (Lipinski definition) is 0. The van der Waals surface area contributed by atoms with Crippen LogP contribution in [-0.4, -0.2) is 12.9 Å². The molecule has 0 aliphatic heterocycles. The maximum absolute atomic E-state index is 12.2. The van der Waals surface area contributed by atoms with Crippen LogP contribution in [0.1, 0.15) is 32.6 Å². The van der Waals surface area contributed by atoms with Crippen LogP contribution in [0.5, 0.6) is 5.75 Å². The summed E-state index contributed by atoms with van der Waals surface area (Å²) in [7, 11) is 1.64. The molecule has 0 atom stereocenters. The Morgan fingerprint density at radius 2 is 1.95 bits per heavy atom. The Kier molecular flexibility index (Phi) is 4.38. The molecule has 0 saturated carbocycles. The van der Waals surface area contributed by atoms with Gasteiger partial charge in [0.05, 0.1) is 7.11 Å². The first kappa shape index (κ1) is 13.8. The molecule has 0 aliphatic carbocycles. The van der Waals surface area contributed by atoms with Crippen molar-refractivity contribution in [3.05, 3.63) is 51.2 Å². The van der Waals surface area contributed by atoms with Gasteiger partial charge in [0.2, 0.25) is 0 Å². The van der Waals surface area contributed by atoms with Crippen molar-refractivity contribution in [2.75, 3.05) is 7.11 Å². The zero-order chi connectivity index (χ0) is 13.8. The third-order valence-electron chi connectivity index (χ3n) is 3.12. The average molecular weight is 274 g/mol. The average Bonchev–Trinajstić information content (AvgIpc) is 2.86. The number of ether oxygens (including phenoxy) is 1. The smallest absolute Gasteiger partial charge is 0.168 e. The van der Waals surface area contributed by atoms with Crippen LogP contribution in [0.4, 0.5) is 0 Å². The van der Waals surface area contributed by atoms with Crippen LogP contribution in [0, 0.1) is 6.92 Å². The predicted molar refractivity (Wildman–Crippen MR) is 79.5 cm³/mol. The largest absolute Gasteiger partial charge is 0.496 e. The molecule has 0 unspecified atom stereocenters. The minimum absolute atomic E-state index is 0.162. The minimum atomic E-state index is 0.162. The summed E-state index contributed by atoms with van der Waals surface area (Å²) in [4.78, 5) is 14.7. The van der Waals surface area contributed by atoms with Crippen molar-refractivity contribution in [2.45, 2.75) is 26.7 Å². The zero-order valence-corrected chi connectivity index (χ0v) is 12.3. The third-order valence-corrected chi connectivity index (χ3v) is 4.35. The van der Waals surface area contributed by atoms with Crippen LogP contribution < -0.4 is 4.74 Å². The van der Waals surface area contributed by atoms with Gasteiger partial charge >= 0.3 is 0 Å². The highest BCUT2D eigenvalue weighted by atomic mass is 32.1. The second-order valence-electron chi connectivity index (χ2n) is 4.51. The second-order valence-corrected chi connectivity index (χ2v) is 5.76. The molecule has 1 aromatic carbocycles. The lowest BCUT2D eigenvalue weighted by Crippen LogP contribution is -2.03. The van der Waals surface area contributed by atoms with Gasteiger partial charge in [-0.1, -0.05) is 6.92 Å². The van der Waals surface area contributed by atoms with E-state index in [4.69, 9.17) is 4.74 Å². The number of Topliss-reactive ketones (excluding diaryl/α,β-unsaturated/α-hetero) is 1. The number of rotatable bonds is 5. The van der Waals surface area contributed by atoms with Crippen molar-refractivity contribution in [1.29, 1.82) is 0 Å². The first-order valence-electron chi connectivity index (χ1n) is 6.39. The number of benzene rings is 1. The highest BCUT2D eigenvalue weighted by molar-refractivity contribution is 7.12. The molecule has 3 heteroatoms. The van der Waals surface area contributed by atoms with E-state index in [1.807, 2.05) is 25.1 Å². The van der Waals surface area contributed by atoms with Gasteiger partial charge in [0.1, 0.15) is 5.75 Å². The predicted octanol–water partition coefficient (Wildman–Crippen LogP) is 4.05. The van der Waals surface area contributed by atoms with Crippen LogP contribution in [0.15, 0.2) is 30.3 Å². The summed E-state index contributed by atoms with van der Waals surface area (Å²) in [5.74, 6) is 0.983. The molecule has 0 N–H and O–H groups in total. The van der Waals surface area contributed by atoms with E-state index < -0.39 is 0 Å². The van der Waals surface area contributed by atoms with E-state index in [1.54, 1.807) is 18.4 Å². The molecule has 0 saturated heterocycles. The molecular formula is C16H18O2S. The highest BCUT2D eigenvalue weighted by Crippen LogP contribution is 2.22. The van der Waals surface area contributed by atoms with E-state index in [0.29, 0.717) is 6.42 Å². The highest BCUT2D eigenvalue weighted by Gasteiger charge is 2.10. The zero-order valence-electron chi connectivity index (χ0n) is 11.5. The number of carbonyl (C=O) groups is 1. The Hall–Kier alpha value is -1.61. The van der Waals surface area contributed by atoms with Gasteiger partial charge in [-0.2, -0.15) is 0 Å². The lowest BCUT2D eigenvalue weighted by molar-refractivity contribution is 0.0993. The standard InChI is InChI=1S/C16H18O2S/c1-4-13-6-7-14(19-13)10-15(17)12-5-8-16(18-3)11(2)9-12/h5-9H,4,10H2,1-3H3. The molecule has 0 spiro atoms. The number of carbonyl (C=O) groups excluding carboxylic acids is 1. The summed E-state index contributed by atoms with van der Waals surface area (Å²) in [5, 5.41) is 0. The number of thiophene rings is 1. The second kappa shape index (κ2) is 6.02. The molecule has 100 valence electrons. The van der Waals surface area contributed by atoms with Crippen molar-refractivity contribution < 1.29 is 9.53 Å². The molecule has 0 fully saturated rings. The van der Waals surface area contributed by atoms with Crippen molar-refractivity contribution in [2.24, 2.45) is 0 Å². The number of methoxy groups -OCH3 is 1. The normalized spacial score (nSPS) is 10.5. The molecule has 1 aromatic heterocycles. The third kappa shape index (κ3) is 3.24. The number of aryl methyl sites for hydroxylation is 2. The Bertz CT molecular complexity index is 584. The van der Waals surface area contributed by atoms with Gasteiger partial charge < -0.3 is 4.74 Å². The maximum atomic E-state index is 12.2. The molecule has 2 nitrogen and oxygen atoms in total. The fourth-order valence-corrected chi connectivity index (χ4v) is 2.98. The summed E-state index contributed by atoms with van der Waals surface area (Å²) >= 11 is 1.72. The summed E-state index contributed by atoms with van der Waals surface area (Å²) < 4.78 is 5.21. The van der Waals surface area contributed by atoms with Crippen LogP contribution in [-0.2, 0) is 12.8 Å². The minimum Gasteiger partial charge on any atom is -0.496 e. The molecule has 0 radical (unpaired) electrons. The lowest BCUT2D eigenvalue weighted by atomic mass is 10.0. The van der Waals surface area contributed by atoms with E-state index in [0.717, 1.165) is 28.2 Å². The van der Waals surface area contributed by atoms with E-state index >= 15 is 0 Å². The summed E-state index contributed by atoms with van der Waals surface area (Å²) in [6, 6.07) is 9.75. The van der Waals surface area contributed by atoms with E-state index in [-0.39, 0.29) is 5.78 Å². The van der Waals surface area contributed by atoms with Crippen molar-refractivity contribution in [3.8, 4) is 5.75 Å². The summed E-state index contributed by atoms with van der Waals surface area (Å²) in [6.45, 7) is 4.08. The van der Waals surface area contributed by atoms with E-state index in [2.05, 4.69) is 19.1 Å². The fourth-order valence-electron chi connectivity index (χ4n) is 2.02. The van der Waals surface area contributed by atoms with Gasteiger partial charge in [-0.25, -0.2) is 0 Å². The maximum Gasteiger partial charge on any atom is 0.168 e. The first-order chi connectivity index (χ1) is 9.13. The van der Waals surface area contributed by atoms with Gasteiger partial charge in [-0.3, -0.25) is 4.79 Å². The molecule has 1 heterocycles. The molecular weight excluding hydrogens is 256 g/mol. The van der Waals surface area contributed by atoms with Crippen LogP contribution >= 0.6 is 11.3 Å². The van der Waals surface area contributed by atoms with Crippen molar-refractivity contribution in [1.82, 2.24) is 0 Å². The lowest BCUT2D eigenvalue weighted by Gasteiger charge is -2.06. The molecule has 19 heavy (non-hydrogen) atoms. The van der Waals surface area contributed by atoms with Crippen molar-refractivity contribution >= 4 is 17.1 Å². The fraction of sp³-hybridized carbons (Fsp3) is 0.312. The molecule has 0 amide bonds. The van der Waals surface area contributed by atoms with Gasteiger partial charge in [0, 0.05) is 21.7 Å². The molecule has 0 bridgehead atoms. The molecule has 2 rings (SSSR count). The number of hydrogen-bond acceptors (Lipinski definition) is 3. The van der Waals surface area contributed by atoms with Crippen LogP contribution in [0.3, 0.4) is 0 Å². The monoisotopic (exact) mass is 274 g/mol. The molecule has 2 aromatic rings. The SMILES string of the molecule is CCc1ccc(CC(=O)c2ccc(OC)c(C)c2)s1. The summed E-state index contributed by atoms with van der Waals surface area (Å²) in [6.07, 6.45) is 1.51. The topological polar surface area (TPSA) is 26.3 Å².